The lowest BCUT2D eigenvalue weighted by molar-refractivity contribution is -0.384. The van der Waals surface area contributed by atoms with E-state index in [9.17, 15) is 10.1 Å². The molecule has 0 fully saturated rings. The molecule has 0 amide bonds. The van der Waals surface area contributed by atoms with Crippen molar-refractivity contribution in [1.29, 1.82) is 0 Å². The number of rotatable bonds is 4. The van der Waals surface area contributed by atoms with E-state index in [1.54, 1.807) is 25.3 Å². The highest BCUT2D eigenvalue weighted by molar-refractivity contribution is 9.10. The number of anilines is 2. The normalized spacial score (nSPS) is 10.2. The van der Waals surface area contributed by atoms with Crippen LogP contribution in [0, 0.1) is 10.1 Å². The Morgan fingerprint density at radius 3 is 2.80 bits per heavy atom. The third kappa shape index (κ3) is 2.97. The van der Waals surface area contributed by atoms with Crippen molar-refractivity contribution in [3.05, 3.63) is 44.3 Å². The van der Waals surface area contributed by atoms with Gasteiger partial charge in [-0.1, -0.05) is 11.6 Å². The van der Waals surface area contributed by atoms with Gasteiger partial charge in [0, 0.05) is 5.69 Å². The lowest BCUT2D eigenvalue weighted by atomic mass is 10.3. The van der Waals surface area contributed by atoms with E-state index in [1.807, 2.05) is 0 Å². The number of methoxy groups -OCH3 is 1. The zero-order valence-corrected chi connectivity index (χ0v) is 12.5. The number of nitrogens with one attached hydrogen (secondary N) is 1. The molecule has 0 radical (unpaired) electrons. The highest BCUT2D eigenvalue weighted by Crippen LogP contribution is 2.33. The van der Waals surface area contributed by atoms with Gasteiger partial charge in [-0.05, 0) is 34.1 Å². The predicted molar refractivity (Wildman–Crippen MR) is 77.7 cm³/mol. The first-order valence-corrected chi connectivity index (χ1v) is 6.45. The Labute approximate surface area is 127 Å². The van der Waals surface area contributed by atoms with Crippen molar-refractivity contribution in [2.24, 2.45) is 0 Å². The second-order valence-electron chi connectivity index (χ2n) is 3.59. The van der Waals surface area contributed by atoms with Gasteiger partial charge < -0.3 is 10.1 Å². The minimum atomic E-state index is -0.636. The van der Waals surface area contributed by atoms with Gasteiger partial charge in [-0.25, -0.2) is 9.97 Å². The Kier molecular flexibility index (Phi) is 4.35. The Hall–Kier alpha value is -1.93. The quantitative estimate of drug-likeness (QED) is 0.510. The van der Waals surface area contributed by atoms with Crippen LogP contribution >= 0.6 is 27.5 Å². The third-order valence-corrected chi connectivity index (χ3v) is 3.27. The molecule has 0 saturated carbocycles. The summed E-state index contributed by atoms with van der Waals surface area (Å²) in [5.41, 5.74) is 0.219. The summed E-state index contributed by atoms with van der Waals surface area (Å²) in [5.74, 6) is 0.665. The molecule has 1 aromatic carbocycles. The summed E-state index contributed by atoms with van der Waals surface area (Å²) in [6.45, 7) is 0. The topological polar surface area (TPSA) is 90.2 Å². The molecule has 2 aromatic rings. The SMILES string of the molecule is COc1ccc(Nc2ncnc(Cl)c2[N+](=O)[O-])cc1Br. The minimum Gasteiger partial charge on any atom is -0.496 e. The second kappa shape index (κ2) is 6.02. The predicted octanol–water partition coefficient (Wildman–Crippen LogP) is 3.55. The van der Waals surface area contributed by atoms with Gasteiger partial charge in [0.1, 0.15) is 12.1 Å². The average Bonchev–Trinajstić information content (AvgIpc) is 2.38. The van der Waals surface area contributed by atoms with E-state index in [0.717, 1.165) is 6.33 Å². The summed E-state index contributed by atoms with van der Waals surface area (Å²) in [4.78, 5) is 17.8. The third-order valence-electron chi connectivity index (χ3n) is 2.37. The number of nitro groups is 1. The molecule has 0 atom stereocenters. The molecule has 1 aromatic heterocycles. The molecule has 7 nitrogen and oxygen atoms in total. The number of halogens is 2. The number of aromatic nitrogens is 2. The molecule has 0 bridgehead atoms. The molecular weight excluding hydrogens is 352 g/mol. The summed E-state index contributed by atoms with van der Waals surface area (Å²) in [7, 11) is 1.54. The van der Waals surface area contributed by atoms with Crippen molar-refractivity contribution in [3.8, 4) is 5.75 Å². The van der Waals surface area contributed by atoms with Crippen molar-refractivity contribution < 1.29 is 9.66 Å². The number of hydrogen-bond donors (Lipinski definition) is 1. The smallest absolute Gasteiger partial charge is 0.348 e. The van der Waals surface area contributed by atoms with E-state index in [2.05, 4.69) is 31.2 Å². The number of benzene rings is 1. The Balaban J connectivity index is 2.38. The summed E-state index contributed by atoms with van der Waals surface area (Å²) in [6.07, 6.45) is 1.15. The molecule has 2 rings (SSSR count). The molecule has 0 saturated heterocycles. The van der Waals surface area contributed by atoms with Crippen LogP contribution in [0.1, 0.15) is 0 Å². The van der Waals surface area contributed by atoms with Crippen molar-refractivity contribution in [3.63, 3.8) is 0 Å². The fourth-order valence-electron chi connectivity index (χ4n) is 1.49. The van der Waals surface area contributed by atoms with Crippen molar-refractivity contribution in [2.45, 2.75) is 0 Å². The van der Waals surface area contributed by atoms with Crippen LogP contribution < -0.4 is 10.1 Å². The van der Waals surface area contributed by atoms with Gasteiger partial charge in [-0.2, -0.15) is 0 Å². The summed E-state index contributed by atoms with van der Waals surface area (Å²) in [6, 6.07) is 5.11. The highest BCUT2D eigenvalue weighted by atomic mass is 79.9. The monoisotopic (exact) mass is 358 g/mol. The average molecular weight is 360 g/mol. The first-order valence-electron chi connectivity index (χ1n) is 5.28. The first-order chi connectivity index (χ1) is 9.52. The maximum atomic E-state index is 11.0. The summed E-state index contributed by atoms with van der Waals surface area (Å²) in [5, 5.41) is 13.6. The molecule has 0 aliphatic heterocycles. The van der Waals surface area contributed by atoms with E-state index in [1.165, 1.54) is 0 Å². The van der Waals surface area contributed by atoms with E-state index >= 15 is 0 Å². The Morgan fingerprint density at radius 2 is 2.20 bits per heavy atom. The summed E-state index contributed by atoms with van der Waals surface area (Å²) < 4.78 is 5.80. The van der Waals surface area contributed by atoms with Crippen LogP contribution in [0.15, 0.2) is 29.0 Å². The van der Waals surface area contributed by atoms with E-state index in [0.29, 0.717) is 15.9 Å². The zero-order chi connectivity index (χ0) is 14.7. The fourth-order valence-corrected chi connectivity index (χ4v) is 2.23. The minimum absolute atomic E-state index is 0.0204. The van der Waals surface area contributed by atoms with Crippen LogP contribution in [0.2, 0.25) is 5.15 Å². The molecule has 1 heterocycles. The van der Waals surface area contributed by atoms with Crippen LogP contribution in [0.4, 0.5) is 17.2 Å². The molecule has 9 heteroatoms. The Morgan fingerprint density at radius 1 is 1.45 bits per heavy atom. The molecule has 0 aliphatic rings. The van der Waals surface area contributed by atoms with Gasteiger partial charge in [-0.15, -0.1) is 0 Å². The number of nitrogens with zero attached hydrogens (tertiary/aromatic N) is 3. The van der Waals surface area contributed by atoms with Crippen molar-refractivity contribution in [1.82, 2.24) is 9.97 Å². The van der Waals surface area contributed by atoms with Crippen LogP contribution in [0.5, 0.6) is 5.75 Å². The lowest BCUT2D eigenvalue weighted by Crippen LogP contribution is -2.01. The zero-order valence-electron chi connectivity index (χ0n) is 10.1. The maximum absolute atomic E-state index is 11.0. The molecule has 104 valence electrons. The van der Waals surface area contributed by atoms with Crippen LogP contribution in [0.3, 0.4) is 0 Å². The molecular formula is C11H8BrClN4O3. The maximum Gasteiger partial charge on any atom is 0.348 e. The van der Waals surface area contributed by atoms with Crippen LogP contribution in [-0.4, -0.2) is 22.0 Å². The molecule has 0 spiro atoms. The fraction of sp³-hybridized carbons (Fsp3) is 0.0909. The number of hydrogen-bond acceptors (Lipinski definition) is 6. The molecule has 0 unspecified atom stereocenters. The van der Waals surface area contributed by atoms with Gasteiger partial charge >= 0.3 is 5.69 Å². The van der Waals surface area contributed by atoms with Crippen molar-refractivity contribution in [2.75, 3.05) is 12.4 Å². The van der Waals surface area contributed by atoms with E-state index in [-0.39, 0.29) is 16.7 Å². The van der Waals surface area contributed by atoms with Gasteiger partial charge in [0.25, 0.3) is 0 Å². The molecule has 0 aliphatic carbocycles. The second-order valence-corrected chi connectivity index (χ2v) is 4.81. The first kappa shape index (κ1) is 14.5. The van der Waals surface area contributed by atoms with Gasteiger partial charge in [0.05, 0.1) is 16.5 Å². The van der Waals surface area contributed by atoms with Crippen LogP contribution in [-0.2, 0) is 0 Å². The summed E-state index contributed by atoms with van der Waals surface area (Å²) >= 11 is 9.03. The number of ether oxygens (including phenoxy) is 1. The van der Waals surface area contributed by atoms with Gasteiger partial charge in [-0.3, -0.25) is 10.1 Å². The Bertz CT molecular complexity index is 668. The molecule has 1 N–H and O–H groups in total. The van der Waals surface area contributed by atoms with E-state index in [4.69, 9.17) is 16.3 Å². The highest BCUT2D eigenvalue weighted by Gasteiger charge is 2.21. The van der Waals surface area contributed by atoms with Gasteiger partial charge in [0.15, 0.2) is 0 Å². The molecule has 20 heavy (non-hydrogen) atoms. The standard InChI is InChI=1S/C11H8BrClN4O3/c1-20-8-3-2-6(4-7(8)12)16-11-9(17(18)19)10(13)14-5-15-11/h2-5H,1H3,(H,14,15,16). The van der Waals surface area contributed by atoms with E-state index < -0.39 is 4.92 Å². The van der Waals surface area contributed by atoms with Crippen molar-refractivity contribution >= 4 is 44.7 Å². The lowest BCUT2D eigenvalue weighted by Gasteiger charge is -2.08. The largest absolute Gasteiger partial charge is 0.496 e. The van der Waals surface area contributed by atoms with Crippen LogP contribution in [0.25, 0.3) is 0 Å². The van der Waals surface area contributed by atoms with Gasteiger partial charge in [0.2, 0.25) is 11.0 Å².